The van der Waals surface area contributed by atoms with E-state index in [1.807, 2.05) is 57.2 Å². The molecule has 4 aromatic rings. The highest BCUT2D eigenvalue weighted by atomic mass is 79.9. The fourth-order valence-electron chi connectivity index (χ4n) is 3.43. The summed E-state index contributed by atoms with van der Waals surface area (Å²) in [4.78, 5) is 30.0. The van der Waals surface area contributed by atoms with Crippen LogP contribution in [0.2, 0.25) is 0 Å². The first-order valence-electron chi connectivity index (χ1n) is 9.55. The van der Waals surface area contributed by atoms with E-state index in [-0.39, 0.29) is 11.5 Å². The molecule has 0 saturated carbocycles. The highest BCUT2D eigenvalue weighted by molar-refractivity contribution is 9.10. The van der Waals surface area contributed by atoms with Gasteiger partial charge in [0.2, 0.25) is 5.91 Å². The molecule has 2 aromatic heterocycles. The number of fused-ring (bicyclic) bond motifs is 2. The third-order valence-corrected chi connectivity index (χ3v) is 5.37. The molecule has 4 rings (SSSR count). The van der Waals surface area contributed by atoms with Crippen LogP contribution in [0, 0.1) is 0 Å². The first kappa shape index (κ1) is 20.2. The van der Waals surface area contributed by atoms with Crippen LogP contribution in [0.1, 0.15) is 43.9 Å². The smallest absolute Gasteiger partial charge is 0.282 e. The van der Waals surface area contributed by atoms with Gasteiger partial charge in [-0.3, -0.25) is 14.2 Å². The van der Waals surface area contributed by atoms with Crippen LogP contribution in [0.5, 0.6) is 0 Å². The molecule has 0 aliphatic rings. The lowest BCUT2D eigenvalue weighted by Gasteiger charge is -2.20. The number of hydrogen-bond acceptors (Lipinski definition) is 4. The Labute approximate surface area is 182 Å². The fraction of sp³-hybridized carbons (Fsp3) is 0.217. The van der Waals surface area contributed by atoms with Crippen molar-refractivity contribution in [3.05, 3.63) is 74.9 Å². The number of carbonyl (C=O) groups excluding carboxylic acids is 1. The van der Waals surface area contributed by atoms with E-state index in [2.05, 4.69) is 21.0 Å². The van der Waals surface area contributed by atoms with Gasteiger partial charge in [-0.2, -0.15) is 9.78 Å². The Hall–Kier alpha value is -3.06. The number of hydrogen-bond donors (Lipinski definition) is 0. The highest BCUT2D eigenvalue weighted by Gasteiger charge is 2.23. The molecule has 0 amide bonds. The van der Waals surface area contributed by atoms with E-state index in [0.29, 0.717) is 16.7 Å². The van der Waals surface area contributed by atoms with Crippen LogP contribution in [0.25, 0.3) is 21.8 Å². The molecule has 0 fully saturated rings. The van der Waals surface area contributed by atoms with Crippen molar-refractivity contribution in [3.63, 3.8) is 0 Å². The van der Waals surface area contributed by atoms with E-state index in [1.165, 1.54) is 11.6 Å². The van der Waals surface area contributed by atoms with Gasteiger partial charge in [-0.05, 0) is 24.3 Å². The maximum Gasteiger partial charge on any atom is 0.282 e. The van der Waals surface area contributed by atoms with Gasteiger partial charge in [-0.15, -0.1) is 0 Å². The van der Waals surface area contributed by atoms with Crippen molar-refractivity contribution >= 4 is 49.9 Å². The summed E-state index contributed by atoms with van der Waals surface area (Å²) in [6.45, 7) is 7.49. The van der Waals surface area contributed by atoms with Crippen LogP contribution < -0.4 is 5.56 Å². The lowest BCUT2D eigenvalue weighted by molar-refractivity contribution is 0.0941. The van der Waals surface area contributed by atoms with Crippen molar-refractivity contribution in [2.75, 3.05) is 0 Å². The molecule has 0 unspecified atom stereocenters. The molecule has 7 heteroatoms. The molecule has 0 atom stereocenters. The maximum absolute atomic E-state index is 13.3. The van der Waals surface area contributed by atoms with Gasteiger partial charge in [-0.1, -0.05) is 54.9 Å². The fourth-order valence-corrected chi connectivity index (χ4v) is 3.79. The first-order valence-corrected chi connectivity index (χ1v) is 10.3. The topological polar surface area (TPSA) is 69.2 Å². The Morgan fingerprint density at radius 3 is 2.57 bits per heavy atom. The van der Waals surface area contributed by atoms with E-state index in [0.717, 1.165) is 20.9 Å². The lowest BCUT2D eigenvalue weighted by atomic mass is 9.95. The summed E-state index contributed by atoms with van der Waals surface area (Å²) < 4.78 is 3.74. The number of para-hydroxylation sites is 1. The SMILES string of the molecule is CC(=O)n1cc(C=Nn2c(C(C)(C)C)nc3ccc(Br)cc3c2=O)c2ccccc21. The van der Waals surface area contributed by atoms with Crippen molar-refractivity contribution in [1.82, 2.24) is 14.2 Å². The van der Waals surface area contributed by atoms with Crippen LogP contribution in [-0.2, 0) is 5.41 Å². The summed E-state index contributed by atoms with van der Waals surface area (Å²) in [6, 6.07) is 13.1. The molecule has 2 heterocycles. The average molecular weight is 465 g/mol. The van der Waals surface area contributed by atoms with Crippen LogP contribution >= 0.6 is 15.9 Å². The van der Waals surface area contributed by atoms with Gasteiger partial charge in [0.05, 0.1) is 22.6 Å². The number of halogens is 1. The molecule has 0 aliphatic carbocycles. The van der Waals surface area contributed by atoms with Crippen molar-refractivity contribution < 1.29 is 4.79 Å². The van der Waals surface area contributed by atoms with Crippen molar-refractivity contribution in [1.29, 1.82) is 0 Å². The Balaban J connectivity index is 1.95. The van der Waals surface area contributed by atoms with E-state index in [9.17, 15) is 9.59 Å². The molecular weight excluding hydrogens is 444 g/mol. The molecule has 30 heavy (non-hydrogen) atoms. The normalized spacial score (nSPS) is 12.3. The summed E-state index contributed by atoms with van der Waals surface area (Å²) in [5, 5.41) is 5.90. The second kappa shape index (κ2) is 7.32. The Morgan fingerprint density at radius 2 is 1.87 bits per heavy atom. The monoisotopic (exact) mass is 464 g/mol. The van der Waals surface area contributed by atoms with E-state index >= 15 is 0 Å². The maximum atomic E-state index is 13.3. The number of rotatable bonds is 2. The van der Waals surface area contributed by atoms with Crippen molar-refractivity contribution in [2.45, 2.75) is 33.1 Å². The number of aromatic nitrogens is 3. The molecule has 0 spiro atoms. The minimum absolute atomic E-state index is 0.0874. The first-order chi connectivity index (χ1) is 14.2. The van der Waals surface area contributed by atoms with Crippen LogP contribution in [0.4, 0.5) is 0 Å². The molecule has 0 saturated heterocycles. The van der Waals surface area contributed by atoms with E-state index in [1.54, 1.807) is 23.0 Å². The highest BCUT2D eigenvalue weighted by Crippen LogP contribution is 2.24. The Kier molecular flexibility index (Phi) is 4.94. The second-order valence-electron chi connectivity index (χ2n) is 8.20. The quantitative estimate of drug-likeness (QED) is 0.394. The summed E-state index contributed by atoms with van der Waals surface area (Å²) in [6.07, 6.45) is 3.35. The number of benzene rings is 2. The van der Waals surface area contributed by atoms with Gasteiger partial charge in [0.25, 0.3) is 5.56 Å². The predicted molar refractivity (Wildman–Crippen MR) is 124 cm³/mol. The van der Waals surface area contributed by atoms with Gasteiger partial charge >= 0.3 is 0 Å². The lowest BCUT2D eigenvalue weighted by Crippen LogP contribution is -2.29. The standard InChI is InChI=1S/C23H21BrN4O2/c1-14(29)27-13-15(17-7-5-6-8-20(17)27)12-25-28-21(30)18-11-16(24)9-10-19(18)26-22(28)23(2,3)4/h5-13H,1-4H3. The molecule has 0 N–H and O–H groups in total. The number of carbonyl (C=O) groups is 1. The molecule has 0 aliphatic heterocycles. The van der Waals surface area contributed by atoms with Gasteiger partial charge in [0, 0.05) is 34.0 Å². The molecule has 0 bridgehead atoms. The van der Waals surface area contributed by atoms with E-state index in [4.69, 9.17) is 4.98 Å². The third kappa shape index (κ3) is 3.50. The Morgan fingerprint density at radius 1 is 1.13 bits per heavy atom. The largest absolute Gasteiger partial charge is 0.287 e. The number of nitrogens with zero attached hydrogens (tertiary/aromatic N) is 4. The molecule has 0 radical (unpaired) electrons. The van der Waals surface area contributed by atoms with E-state index < -0.39 is 5.41 Å². The zero-order valence-corrected chi connectivity index (χ0v) is 18.8. The minimum atomic E-state index is -0.398. The van der Waals surface area contributed by atoms with Gasteiger partial charge in [-0.25, -0.2) is 4.98 Å². The van der Waals surface area contributed by atoms with Crippen LogP contribution in [-0.4, -0.2) is 26.3 Å². The summed E-state index contributed by atoms with van der Waals surface area (Å²) >= 11 is 3.42. The third-order valence-electron chi connectivity index (χ3n) is 4.87. The zero-order chi connectivity index (χ0) is 21.6. The minimum Gasteiger partial charge on any atom is -0.287 e. The Bertz CT molecular complexity index is 1390. The van der Waals surface area contributed by atoms with Gasteiger partial charge in [0.1, 0.15) is 5.82 Å². The summed E-state index contributed by atoms with van der Waals surface area (Å²) in [5.41, 5.74) is 1.55. The molecule has 6 nitrogen and oxygen atoms in total. The summed E-state index contributed by atoms with van der Waals surface area (Å²) in [7, 11) is 0. The van der Waals surface area contributed by atoms with Crippen LogP contribution in [0.3, 0.4) is 0 Å². The predicted octanol–water partition coefficient (Wildman–Crippen LogP) is 4.95. The van der Waals surface area contributed by atoms with Crippen molar-refractivity contribution in [3.8, 4) is 0 Å². The molecular formula is C23H21BrN4O2. The van der Waals surface area contributed by atoms with Gasteiger partial charge < -0.3 is 0 Å². The molecule has 152 valence electrons. The zero-order valence-electron chi connectivity index (χ0n) is 17.2. The average Bonchev–Trinajstić information content (AvgIpc) is 3.06. The molecule has 2 aromatic carbocycles. The van der Waals surface area contributed by atoms with Crippen LogP contribution in [0.15, 0.2) is 63.0 Å². The summed E-state index contributed by atoms with van der Waals surface area (Å²) in [5.74, 6) is 0.476. The second-order valence-corrected chi connectivity index (χ2v) is 9.11. The van der Waals surface area contributed by atoms with Crippen molar-refractivity contribution in [2.24, 2.45) is 5.10 Å². The van der Waals surface area contributed by atoms with Gasteiger partial charge in [0.15, 0.2) is 0 Å².